The summed E-state index contributed by atoms with van der Waals surface area (Å²) >= 11 is 0. The molecule has 26 heavy (non-hydrogen) atoms. The van der Waals surface area contributed by atoms with Gasteiger partial charge in [0.2, 0.25) is 0 Å². The van der Waals surface area contributed by atoms with Gasteiger partial charge in [-0.25, -0.2) is 0 Å². The van der Waals surface area contributed by atoms with E-state index in [9.17, 15) is 4.79 Å². The van der Waals surface area contributed by atoms with Crippen LogP contribution in [0, 0.1) is 6.92 Å². The molecule has 3 rings (SSSR count). The molecule has 5 nitrogen and oxygen atoms in total. The zero-order chi connectivity index (χ0) is 18.5. The average Bonchev–Trinajstić information content (AvgIpc) is 2.66. The molecule has 0 radical (unpaired) electrons. The van der Waals surface area contributed by atoms with Gasteiger partial charge >= 0.3 is 0 Å². The van der Waals surface area contributed by atoms with E-state index >= 15 is 0 Å². The van der Waals surface area contributed by atoms with E-state index in [1.807, 2.05) is 13.0 Å². The third-order valence-electron chi connectivity index (χ3n) is 5.31. The van der Waals surface area contributed by atoms with Crippen molar-refractivity contribution in [1.29, 1.82) is 0 Å². The molecule has 0 unspecified atom stereocenters. The molecule has 1 saturated heterocycles. The van der Waals surface area contributed by atoms with Crippen LogP contribution in [0.25, 0.3) is 10.9 Å². The van der Waals surface area contributed by atoms with Crippen molar-refractivity contribution in [3.05, 3.63) is 39.7 Å². The maximum atomic E-state index is 13.3. The van der Waals surface area contributed by atoms with Crippen LogP contribution in [0.4, 0.5) is 5.69 Å². The van der Waals surface area contributed by atoms with E-state index in [0.29, 0.717) is 0 Å². The van der Waals surface area contributed by atoms with Crippen molar-refractivity contribution >= 4 is 16.6 Å². The first kappa shape index (κ1) is 18.9. The number of anilines is 1. The van der Waals surface area contributed by atoms with Crippen molar-refractivity contribution in [2.24, 2.45) is 0 Å². The van der Waals surface area contributed by atoms with E-state index in [0.717, 1.165) is 86.6 Å². The van der Waals surface area contributed by atoms with Crippen LogP contribution in [0.1, 0.15) is 37.9 Å². The number of aromatic nitrogens is 1. The molecule has 1 aliphatic heterocycles. The fourth-order valence-corrected chi connectivity index (χ4v) is 3.93. The lowest BCUT2D eigenvalue weighted by molar-refractivity contribution is -0.914. The number of fused-ring (bicyclic) bond motifs is 1. The number of rotatable bonds is 7. The highest BCUT2D eigenvalue weighted by atomic mass is 16.5. The summed E-state index contributed by atoms with van der Waals surface area (Å²) in [5, 5.41) is 0.807. The maximum Gasteiger partial charge on any atom is 0.198 e. The normalized spacial score (nSPS) is 15.2. The predicted octanol–water partition coefficient (Wildman–Crippen LogP) is 1.88. The molecule has 1 fully saturated rings. The van der Waals surface area contributed by atoms with Crippen LogP contribution in [0.15, 0.2) is 23.0 Å². The Morgan fingerprint density at radius 3 is 2.50 bits per heavy atom. The molecule has 0 saturated carbocycles. The smallest absolute Gasteiger partial charge is 0.198 e. The van der Waals surface area contributed by atoms with Crippen molar-refractivity contribution in [3.63, 3.8) is 0 Å². The van der Waals surface area contributed by atoms with Crippen LogP contribution >= 0.6 is 0 Å². The SMILES string of the molecule is CCC[NH+](CCC)Cc1c(C)[nH]c2ccc(N3CCOCC3)cc2c1=O. The highest BCUT2D eigenvalue weighted by molar-refractivity contribution is 5.83. The van der Waals surface area contributed by atoms with Gasteiger partial charge in [-0.3, -0.25) is 4.79 Å². The summed E-state index contributed by atoms with van der Waals surface area (Å²) in [5.74, 6) is 0. The first-order valence-corrected chi connectivity index (χ1v) is 9.95. The molecule has 2 heterocycles. The van der Waals surface area contributed by atoms with Gasteiger partial charge in [0.1, 0.15) is 6.54 Å². The van der Waals surface area contributed by atoms with Gasteiger partial charge in [-0.05, 0) is 38.0 Å². The number of benzene rings is 1. The summed E-state index contributed by atoms with van der Waals surface area (Å²) in [6, 6.07) is 6.21. The van der Waals surface area contributed by atoms with Gasteiger partial charge in [-0.2, -0.15) is 0 Å². The summed E-state index contributed by atoms with van der Waals surface area (Å²) in [7, 11) is 0. The van der Waals surface area contributed by atoms with Crippen LogP contribution in [0.5, 0.6) is 0 Å². The number of aryl methyl sites for hydroxylation is 1. The Labute approximate surface area is 156 Å². The second kappa shape index (κ2) is 8.69. The van der Waals surface area contributed by atoms with Crippen molar-refractivity contribution in [1.82, 2.24) is 4.98 Å². The topological polar surface area (TPSA) is 49.8 Å². The first-order valence-electron chi connectivity index (χ1n) is 9.95. The number of hydrogen-bond donors (Lipinski definition) is 2. The van der Waals surface area contributed by atoms with Crippen LogP contribution in [-0.4, -0.2) is 44.4 Å². The third-order valence-corrected chi connectivity index (χ3v) is 5.31. The van der Waals surface area contributed by atoms with Crippen molar-refractivity contribution in [2.45, 2.75) is 40.2 Å². The highest BCUT2D eigenvalue weighted by Crippen LogP contribution is 2.21. The molecule has 1 aromatic carbocycles. The number of quaternary nitrogens is 1. The number of nitrogens with zero attached hydrogens (tertiary/aromatic N) is 1. The molecule has 2 aromatic rings. The number of ether oxygens (including phenoxy) is 1. The summed E-state index contributed by atoms with van der Waals surface area (Å²) in [4.78, 5) is 20.5. The molecule has 1 aromatic heterocycles. The lowest BCUT2D eigenvalue weighted by Gasteiger charge is -2.29. The minimum atomic E-state index is 0.191. The van der Waals surface area contributed by atoms with Gasteiger partial charge in [-0.15, -0.1) is 0 Å². The monoisotopic (exact) mass is 358 g/mol. The van der Waals surface area contributed by atoms with Crippen LogP contribution < -0.4 is 15.2 Å². The average molecular weight is 359 g/mol. The van der Waals surface area contributed by atoms with E-state index in [2.05, 4.69) is 35.9 Å². The summed E-state index contributed by atoms with van der Waals surface area (Å²) in [5.41, 5.74) is 4.18. The summed E-state index contributed by atoms with van der Waals surface area (Å²) in [6.45, 7) is 12.7. The molecular weight excluding hydrogens is 326 g/mol. The Morgan fingerprint density at radius 1 is 1.15 bits per heavy atom. The van der Waals surface area contributed by atoms with Gasteiger partial charge in [0.25, 0.3) is 0 Å². The van der Waals surface area contributed by atoms with Crippen molar-refractivity contribution in [3.8, 4) is 0 Å². The molecule has 142 valence electrons. The molecule has 0 atom stereocenters. The van der Waals surface area contributed by atoms with E-state index in [1.165, 1.54) is 4.90 Å². The van der Waals surface area contributed by atoms with Crippen molar-refractivity contribution in [2.75, 3.05) is 44.3 Å². The molecule has 5 heteroatoms. The quantitative estimate of drug-likeness (QED) is 0.795. The van der Waals surface area contributed by atoms with Gasteiger partial charge in [-0.1, -0.05) is 13.8 Å². The maximum absolute atomic E-state index is 13.3. The van der Waals surface area contributed by atoms with Gasteiger partial charge in [0, 0.05) is 35.4 Å². The Morgan fingerprint density at radius 2 is 1.85 bits per heavy atom. The summed E-state index contributed by atoms with van der Waals surface area (Å²) in [6.07, 6.45) is 2.28. The number of pyridine rings is 1. The summed E-state index contributed by atoms with van der Waals surface area (Å²) < 4.78 is 5.44. The first-order chi connectivity index (χ1) is 12.6. The molecule has 0 bridgehead atoms. The molecule has 0 aliphatic carbocycles. The zero-order valence-electron chi connectivity index (χ0n) is 16.4. The Hall–Kier alpha value is -1.85. The number of morpholine rings is 1. The second-order valence-corrected chi connectivity index (χ2v) is 7.31. The van der Waals surface area contributed by atoms with E-state index < -0.39 is 0 Å². The number of H-pyrrole nitrogens is 1. The zero-order valence-corrected chi connectivity index (χ0v) is 16.4. The highest BCUT2D eigenvalue weighted by Gasteiger charge is 2.17. The minimum absolute atomic E-state index is 0.191. The van der Waals surface area contributed by atoms with E-state index in [-0.39, 0.29) is 5.43 Å². The predicted molar refractivity (Wildman–Crippen MR) is 107 cm³/mol. The number of hydrogen-bond acceptors (Lipinski definition) is 3. The van der Waals surface area contributed by atoms with Crippen LogP contribution in [-0.2, 0) is 11.3 Å². The van der Waals surface area contributed by atoms with Gasteiger partial charge in [0.05, 0.1) is 31.9 Å². The number of aromatic amines is 1. The fraction of sp³-hybridized carbons (Fsp3) is 0.571. The van der Waals surface area contributed by atoms with E-state index in [4.69, 9.17) is 4.74 Å². The standard InChI is InChI=1S/C21H31N3O2/c1-4-8-23(9-5-2)15-19-16(3)22-20-7-6-17(14-18(20)21(19)25)24-10-12-26-13-11-24/h6-7,14H,4-5,8-13,15H2,1-3H3,(H,22,25)/p+1. The molecule has 0 amide bonds. The van der Waals surface area contributed by atoms with Gasteiger partial charge in [0.15, 0.2) is 5.43 Å². The second-order valence-electron chi connectivity index (χ2n) is 7.31. The van der Waals surface area contributed by atoms with Gasteiger partial charge < -0.3 is 19.5 Å². The third kappa shape index (κ3) is 4.10. The van der Waals surface area contributed by atoms with Crippen LogP contribution in [0.2, 0.25) is 0 Å². The lowest BCUT2D eigenvalue weighted by atomic mass is 10.1. The Bertz CT molecular complexity index is 788. The molecule has 1 aliphatic rings. The Balaban J connectivity index is 1.97. The molecular formula is C21H32N3O2+. The largest absolute Gasteiger partial charge is 0.378 e. The molecule has 0 spiro atoms. The van der Waals surface area contributed by atoms with Crippen LogP contribution in [0.3, 0.4) is 0 Å². The minimum Gasteiger partial charge on any atom is -0.378 e. The van der Waals surface area contributed by atoms with Crippen molar-refractivity contribution < 1.29 is 9.64 Å². The lowest BCUT2D eigenvalue weighted by Crippen LogP contribution is -3.10. The fourth-order valence-electron chi connectivity index (χ4n) is 3.93. The molecule has 2 N–H and O–H groups in total. The Kier molecular flexibility index (Phi) is 6.33. The van der Waals surface area contributed by atoms with E-state index in [1.54, 1.807) is 0 Å². The number of nitrogens with one attached hydrogen (secondary N) is 2.